The second kappa shape index (κ2) is 4.73. The van der Waals surface area contributed by atoms with Gasteiger partial charge < -0.3 is 9.69 Å². The van der Waals surface area contributed by atoms with Gasteiger partial charge in [-0.2, -0.15) is 0 Å². The lowest BCUT2D eigenvalue weighted by atomic mass is 10.4. The summed E-state index contributed by atoms with van der Waals surface area (Å²) in [6.45, 7) is 5.81. The molecule has 3 nitrogen and oxygen atoms in total. The van der Waals surface area contributed by atoms with E-state index in [0.29, 0.717) is 12.8 Å². The summed E-state index contributed by atoms with van der Waals surface area (Å²) in [7, 11) is 0. The van der Waals surface area contributed by atoms with Crippen LogP contribution in [0.1, 0.15) is 6.92 Å². The molecular weight excluding hydrogens is 130 g/mol. The average molecular weight is 141 g/mol. The van der Waals surface area contributed by atoms with Crippen molar-refractivity contribution in [3.63, 3.8) is 0 Å². The molecule has 56 valence electrons. The highest BCUT2D eigenvalue weighted by Crippen LogP contribution is 1.86. The van der Waals surface area contributed by atoms with E-state index in [4.69, 9.17) is 0 Å². The van der Waals surface area contributed by atoms with Crippen LogP contribution in [-0.4, -0.2) is 30.2 Å². The summed E-state index contributed by atoms with van der Waals surface area (Å²) < 4.78 is 0. The number of amides is 1. The quantitative estimate of drug-likeness (QED) is 0.415. The first-order valence-electron chi connectivity index (χ1n) is 3.11. The van der Waals surface area contributed by atoms with Crippen molar-refractivity contribution >= 4 is 12.2 Å². The zero-order valence-electron chi connectivity index (χ0n) is 6.04. The van der Waals surface area contributed by atoms with Crippen molar-refractivity contribution in [1.82, 2.24) is 4.90 Å². The fourth-order valence-electron chi connectivity index (χ4n) is 0.594. The third-order valence-corrected chi connectivity index (χ3v) is 1.16. The maximum Gasteiger partial charge on any atom is 0.246 e. The lowest BCUT2D eigenvalue weighted by molar-refractivity contribution is -0.128. The van der Waals surface area contributed by atoms with Crippen LogP contribution in [0.5, 0.6) is 0 Å². The molecule has 0 spiro atoms. The Morgan fingerprint density at radius 1 is 1.70 bits per heavy atom. The summed E-state index contributed by atoms with van der Waals surface area (Å²) in [5.74, 6) is -0.199. The Bertz CT molecular complexity index is 143. The van der Waals surface area contributed by atoms with Crippen LogP contribution in [0.25, 0.3) is 0 Å². The van der Waals surface area contributed by atoms with E-state index < -0.39 is 0 Å². The predicted octanol–water partition coefficient (Wildman–Crippen LogP) is 0.220. The molecule has 0 aliphatic heterocycles. The molecule has 0 aliphatic carbocycles. The zero-order valence-corrected chi connectivity index (χ0v) is 6.04. The number of rotatable bonds is 4. The molecule has 0 saturated heterocycles. The van der Waals surface area contributed by atoms with Gasteiger partial charge in [0.05, 0.1) is 6.54 Å². The fourth-order valence-corrected chi connectivity index (χ4v) is 0.594. The summed E-state index contributed by atoms with van der Waals surface area (Å²) >= 11 is 0. The Morgan fingerprint density at radius 2 is 2.30 bits per heavy atom. The van der Waals surface area contributed by atoms with Crippen LogP contribution in [0.4, 0.5) is 0 Å². The number of aldehydes is 1. The van der Waals surface area contributed by atoms with Gasteiger partial charge >= 0.3 is 0 Å². The van der Waals surface area contributed by atoms with E-state index in [0.717, 1.165) is 0 Å². The van der Waals surface area contributed by atoms with Gasteiger partial charge in [0.25, 0.3) is 0 Å². The number of carbonyl (C=O) groups excluding carboxylic acids is 2. The summed E-state index contributed by atoms with van der Waals surface area (Å²) in [5.41, 5.74) is 0. The van der Waals surface area contributed by atoms with E-state index in [-0.39, 0.29) is 12.5 Å². The first-order valence-corrected chi connectivity index (χ1v) is 3.11. The first-order chi connectivity index (χ1) is 4.76. The van der Waals surface area contributed by atoms with Crippen LogP contribution >= 0.6 is 0 Å². The van der Waals surface area contributed by atoms with Gasteiger partial charge in [-0.25, -0.2) is 0 Å². The minimum atomic E-state index is -0.199. The van der Waals surface area contributed by atoms with Gasteiger partial charge in [-0.1, -0.05) is 6.58 Å². The van der Waals surface area contributed by atoms with Crippen molar-refractivity contribution in [2.45, 2.75) is 6.92 Å². The molecule has 0 saturated carbocycles. The third-order valence-electron chi connectivity index (χ3n) is 1.16. The van der Waals surface area contributed by atoms with Crippen LogP contribution in [0.15, 0.2) is 12.7 Å². The van der Waals surface area contributed by atoms with E-state index in [1.54, 1.807) is 0 Å². The molecule has 0 radical (unpaired) electrons. The molecule has 0 aromatic carbocycles. The van der Waals surface area contributed by atoms with Gasteiger partial charge in [-0.05, 0) is 13.0 Å². The van der Waals surface area contributed by atoms with Gasteiger partial charge in [-0.3, -0.25) is 4.79 Å². The number of hydrogen-bond donors (Lipinski definition) is 0. The number of carbonyl (C=O) groups is 2. The van der Waals surface area contributed by atoms with Crippen LogP contribution in [0, 0.1) is 0 Å². The maximum atomic E-state index is 10.8. The Balaban J connectivity index is 3.91. The Labute approximate surface area is 60.3 Å². The van der Waals surface area contributed by atoms with Gasteiger partial charge in [-0.15, -0.1) is 0 Å². The molecule has 0 aromatic rings. The van der Waals surface area contributed by atoms with Crippen molar-refractivity contribution in [3.8, 4) is 0 Å². The fraction of sp³-hybridized carbons (Fsp3) is 0.429. The van der Waals surface area contributed by atoms with Gasteiger partial charge in [0.1, 0.15) is 6.29 Å². The summed E-state index contributed by atoms with van der Waals surface area (Å²) in [5, 5.41) is 0. The largest absolute Gasteiger partial charge is 0.332 e. The standard InChI is InChI=1S/C7H11NO2/c1-3-7(10)8(4-2)5-6-9/h3,6H,1,4-5H2,2H3. The lowest BCUT2D eigenvalue weighted by Gasteiger charge is -2.14. The van der Waals surface area contributed by atoms with E-state index in [1.165, 1.54) is 11.0 Å². The second-order valence-corrected chi connectivity index (χ2v) is 1.75. The summed E-state index contributed by atoms with van der Waals surface area (Å²) in [6.07, 6.45) is 1.90. The monoisotopic (exact) mass is 141 g/mol. The summed E-state index contributed by atoms with van der Waals surface area (Å²) in [4.78, 5) is 22.2. The molecule has 0 unspecified atom stereocenters. The summed E-state index contributed by atoms with van der Waals surface area (Å²) in [6, 6.07) is 0. The van der Waals surface area contributed by atoms with Crippen LogP contribution in [-0.2, 0) is 9.59 Å². The highest BCUT2D eigenvalue weighted by Gasteiger charge is 2.04. The van der Waals surface area contributed by atoms with Crippen molar-refractivity contribution in [1.29, 1.82) is 0 Å². The smallest absolute Gasteiger partial charge is 0.246 e. The molecule has 0 fully saturated rings. The van der Waals surface area contributed by atoms with E-state index in [2.05, 4.69) is 6.58 Å². The second-order valence-electron chi connectivity index (χ2n) is 1.75. The Kier molecular flexibility index (Phi) is 4.20. The van der Waals surface area contributed by atoms with Crippen molar-refractivity contribution in [3.05, 3.63) is 12.7 Å². The number of likely N-dealkylation sites (N-methyl/N-ethyl adjacent to an activating group) is 1. The third kappa shape index (κ3) is 2.44. The molecule has 10 heavy (non-hydrogen) atoms. The minimum Gasteiger partial charge on any atom is -0.332 e. The number of nitrogens with zero attached hydrogens (tertiary/aromatic N) is 1. The first kappa shape index (κ1) is 8.88. The molecule has 0 heterocycles. The van der Waals surface area contributed by atoms with Gasteiger partial charge in [0.2, 0.25) is 5.91 Å². The normalized spacial score (nSPS) is 8.50. The lowest BCUT2D eigenvalue weighted by Crippen LogP contribution is -2.30. The van der Waals surface area contributed by atoms with Crippen LogP contribution in [0.2, 0.25) is 0 Å². The minimum absolute atomic E-state index is 0.154. The molecule has 0 atom stereocenters. The molecule has 0 rings (SSSR count). The molecule has 1 amide bonds. The van der Waals surface area contributed by atoms with Crippen LogP contribution < -0.4 is 0 Å². The topological polar surface area (TPSA) is 37.4 Å². The maximum absolute atomic E-state index is 10.8. The highest BCUT2D eigenvalue weighted by molar-refractivity contribution is 5.88. The molecule has 0 aliphatic rings. The predicted molar refractivity (Wildman–Crippen MR) is 38.5 cm³/mol. The molecular formula is C7H11NO2. The SMILES string of the molecule is C=CC(=O)N(CC)CC=O. The van der Waals surface area contributed by atoms with E-state index in [9.17, 15) is 9.59 Å². The molecule has 0 N–H and O–H groups in total. The highest BCUT2D eigenvalue weighted by atomic mass is 16.2. The molecule has 3 heteroatoms. The van der Waals surface area contributed by atoms with Gasteiger partial charge in [0, 0.05) is 6.54 Å². The van der Waals surface area contributed by atoms with Gasteiger partial charge in [0.15, 0.2) is 0 Å². The van der Waals surface area contributed by atoms with Crippen molar-refractivity contribution in [2.75, 3.05) is 13.1 Å². The average Bonchev–Trinajstić information content (AvgIpc) is 1.99. The zero-order chi connectivity index (χ0) is 7.98. The van der Waals surface area contributed by atoms with E-state index >= 15 is 0 Å². The van der Waals surface area contributed by atoms with Crippen molar-refractivity contribution < 1.29 is 9.59 Å². The van der Waals surface area contributed by atoms with Crippen molar-refractivity contribution in [2.24, 2.45) is 0 Å². The molecule has 0 bridgehead atoms. The Hall–Kier alpha value is -1.12. The van der Waals surface area contributed by atoms with Crippen LogP contribution in [0.3, 0.4) is 0 Å². The molecule has 0 aromatic heterocycles. The van der Waals surface area contributed by atoms with E-state index in [1.807, 2.05) is 6.92 Å². The Morgan fingerprint density at radius 3 is 2.60 bits per heavy atom. The number of hydrogen-bond acceptors (Lipinski definition) is 2.